The van der Waals surface area contributed by atoms with Crippen LogP contribution in [0.4, 0.5) is 4.39 Å². The summed E-state index contributed by atoms with van der Waals surface area (Å²) in [5.41, 5.74) is 6.99. The van der Waals surface area contributed by atoms with Crippen LogP contribution in [0.15, 0.2) is 18.2 Å². The zero-order chi connectivity index (χ0) is 10.9. The Hall–Kier alpha value is -0.930. The number of benzene rings is 1. The van der Waals surface area contributed by atoms with E-state index in [-0.39, 0.29) is 5.82 Å². The average Bonchev–Trinajstić information content (AvgIpc) is 2.29. The standard InChI is InChI=1S/C12H16FNO/c1-15-12(8-14)7-3-4-9-10(12)5-2-6-11(9)13/h2,5-6H,3-4,7-8,14H2,1H3. The molecule has 2 rings (SSSR count). The van der Waals surface area contributed by atoms with Crippen molar-refractivity contribution in [3.05, 3.63) is 35.1 Å². The maximum absolute atomic E-state index is 13.6. The van der Waals surface area contributed by atoms with Crippen LogP contribution in [0.5, 0.6) is 0 Å². The summed E-state index contributed by atoms with van der Waals surface area (Å²) in [7, 11) is 1.65. The van der Waals surface area contributed by atoms with E-state index in [0.717, 1.165) is 30.4 Å². The van der Waals surface area contributed by atoms with E-state index in [2.05, 4.69) is 0 Å². The summed E-state index contributed by atoms with van der Waals surface area (Å²) in [6.45, 7) is 0.403. The molecule has 1 atom stereocenters. The minimum Gasteiger partial charge on any atom is -0.372 e. The topological polar surface area (TPSA) is 35.2 Å². The van der Waals surface area contributed by atoms with Gasteiger partial charge in [-0.1, -0.05) is 12.1 Å². The van der Waals surface area contributed by atoms with Gasteiger partial charge in [-0.3, -0.25) is 0 Å². The lowest BCUT2D eigenvalue weighted by Gasteiger charge is -2.37. The number of ether oxygens (including phenoxy) is 1. The summed E-state index contributed by atoms with van der Waals surface area (Å²) in [6.07, 6.45) is 2.59. The van der Waals surface area contributed by atoms with E-state index in [1.54, 1.807) is 13.2 Å². The highest BCUT2D eigenvalue weighted by atomic mass is 19.1. The van der Waals surface area contributed by atoms with Crippen LogP contribution in [0, 0.1) is 5.82 Å². The van der Waals surface area contributed by atoms with Crippen molar-refractivity contribution in [3.63, 3.8) is 0 Å². The maximum atomic E-state index is 13.6. The summed E-state index contributed by atoms with van der Waals surface area (Å²) >= 11 is 0. The van der Waals surface area contributed by atoms with E-state index >= 15 is 0 Å². The molecule has 0 radical (unpaired) electrons. The van der Waals surface area contributed by atoms with Crippen molar-refractivity contribution in [2.45, 2.75) is 24.9 Å². The van der Waals surface area contributed by atoms with Gasteiger partial charge in [-0.15, -0.1) is 0 Å². The molecule has 0 aliphatic heterocycles. The van der Waals surface area contributed by atoms with Crippen molar-refractivity contribution in [1.29, 1.82) is 0 Å². The predicted molar refractivity (Wildman–Crippen MR) is 57.1 cm³/mol. The average molecular weight is 209 g/mol. The predicted octanol–water partition coefficient (Wildman–Crippen LogP) is 1.96. The molecular formula is C12H16FNO. The molecule has 2 N–H and O–H groups in total. The molecule has 0 aromatic heterocycles. The second kappa shape index (κ2) is 3.91. The molecule has 1 unspecified atom stereocenters. The van der Waals surface area contributed by atoms with E-state index < -0.39 is 5.60 Å². The molecule has 0 spiro atoms. The van der Waals surface area contributed by atoms with Gasteiger partial charge in [0.05, 0.1) is 0 Å². The summed E-state index contributed by atoms with van der Waals surface area (Å²) in [4.78, 5) is 0. The number of hydrogen-bond donors (Lipinski definition) is 1. The molecule has 0 fully saturated rings. The number of halogens is 1. The third-order valence-corrected chi connectivity index (χ3v) is 3.34. The van der Waals surface area contributed by atoms with Crippen LogP contribution in [0.3, 0.4) is 0 Å². The number of fused-ring (bicyclic) bond motifs is 1. The van der Waals surface area contributed by atoms with Crippen molar-refractivity contribution in [1.82, 2.24) is 0 Å². The molecule has 2 nitrogen and oxygen atoms in total. The Morgan fingerprint density at radius 2 is 2.33 bits per heavy atom. The lowest BCUT2D eigenvalue weighted by molar-refractivity contribution is -0.0216. The van der Waals surface area contributed by atoms with Crippen molar-refractivity contribution in [2.75, 3.05) is 13.7 Å². The minimum absolute atomic E-state index is 0.137. The molecule has 0 saturated heterocycles. The van der Waals surface area contributed by atoms with Crippen LogP contribution >= 0.6 is 0 Å². The zero-order valence-corrected chi connectivity index (χ0v) is 8.92. The normalized spacial score (nSPS) is 25.0. The Kier molecular flexibility index (Phi) is 2.76. The van der Waals surface area contributed by atoms with Crippen LogP contribution in [0.25, 0.3) is 0 Å². The number of rotatable bonds is 2. The van der Waals surface area contributed by atoms with Gasteiger partial charge in [-0.05, 0) is 36.5 Å². The smallest absolute Gasteiger partial charge is 0.126 e. The van der Waals surface area contributed by atoms with Gasteiger partial charge in [-0.25, -0.2) is 4.39 Å². The summed E-state index contributed by atoms with van der Waals surface area (Å²) < 4.78 is 19.1. The first-order valence-corrected chi connectivity index (χ1v) is 5.26. The molecule has 1 aromatic rings. The first kappa shape index (κ1) is 10.6. The van der Waals surface area contributed by atoms with Crippen LogP contribution in [-0.4, -0.2) is 13.7 Å². The van der Waals surface area contributed by atoms with E-state index in [9.17, 15) is 4.39 Å². The SMILES string of the molecule is COC1(CN)CCCc2c(F)cccc21. The highest BCUT2D eigenvalue weighted by Crippen LogP contribution is 2.38. The first-order chi connectivity index (χ1) is 7.23. The maximum Gasteiger partial charge on any atom is 0.126 e. The third kappa shape index (κ3) is 1.56. The molecule has 15 heavy (non-hydrogen) atoms. The van der Waals surface area contributed by atoms with Gasteiger partial charge in [0.25, 0.3) is 0 Å². The van der Waals surface area contributed by atoms with Gasteiger partial charge >= 0.3 is 0 Å². The number of methoxy groups -OCH3 is 1. The van der Waals surface area contributed by atoms with Gasteiger partial charge in [0.15, 0.2) is 0 Å². The zero-order valence-electron chi connectivity index (χ0n) is 8.92. The van der Waals surface area contributed by atoms with Gasteiger partial charge in [0.1, 0.15) is 11.4 Å². The monoisotopic (exact) mass is 209 g/mol. The lowest BCUT2D eigenvalue weighted by atomic mass is 9.79. The van der Waals surface area contributed by atoms with Crippen LogP contribution in [0.1, 0.15) is 24.0 Å². The number of hydrogen-bond acceptors (Lipinski definition) is 2. The molecule has 1 aliphatic carbocycles. The second-order valence-electron chi connectivity index (χ2n) is 4.02. The molecule has 0 bridgehead atoms. The van der Waals surface area contributed by atoms with Crippen LogP contribution in [0.2, 0.25) is 0 Å². The highest BCUT2D eigenvalue weighted by molar-refractivity contribution is 5.36. The minimum atomic E-state index is -0.477. The molecule has 1 aromatic carbocycles. The van der Waals surface area contributed by atoms with E-state index in [4.69, 9.17) is 10.5 Å². The molecule has 82 valence electrons. The van der Waals surface area contributed by atoms with E-state index in [0.29, 0.717) is 6.54 Å². The number of nitrogens with two attached hydrogens (primary N) is 1. The summed E-state index contributed by atoms with van der Waals surface area (Å²) in [5.74, 6) is -0.137. The fraction of sp³-hybridized carbons (Fsp3) is 0.500. The largest absolute Gasteiger partial charge is 0.372 e. The lowest BCUT2D eigenvalue weighted by Crippen LogP contribution is -2.40. The molecule has 0 saturated carbocycles. The molecule has 3 heteroatoms. The Morgan fingerprint density at radius 1 is 1.53 bits per heavy atom. The van der Waals surface area contributed by atoms with Crippen LogP contribution in [-0.2, 0) is 16.8 Å². The molecular weight excluding hydrogens is 193 g/mol. The molecule has 0 heterocycles. The quantitative estimate of drug-likeness (QED) is 0.808. The Bertz CT molecular complexity index is 361. The van der Waals surface area contributed by atoms with Crippen molar-refractivity contribution in [3.8, 4) is 0 Å². The Morgan fingerprint density at radius 3 is 3.00 bits per heavy atom. The highest BCUT2D eigenvalue weighted by Gasteiger charge is 2.36. The van der Waals surface area contributed by atoms with Gasteiger partial charge < -0.3 is 10.5 Å². The van der Waals surface area contributed by atoms with Gasteiger partial charge in [-0.2, -0.15) is 0 Å². The van der Waals surface area contributed by atoms with Crippen molar-refractivity contribution >= 4 is 0 Å². The fourth-order valence-electron chi connectivity index (χ4n) is 2.43. The van der Waals surface area contributed by atoms with Crippen molar-refractivity contribution < 1.29 is 9.13 Å². The van der Waals surface area contributed by atoms with Gasteiger partial charge in [0.2, 0.25) is 0 Å². The van der Waals surface area contributed by atoms with E-state index in [1.165, 1.54) is 6.07 Å². The van der Waals surface area contributed by atoms with Gasteiger partial charge in [0, 0.05) is 13.7 Å². The Labute approximate surface area is 89.2 Å². The summed E-state index contributed by atoms with van der Waals surface area (Å²) in [6, 6.07) is 5.15. The fourth-order valence-corrected chi connectivity index (χ4v) is 2.43. The van der Waals surface area contributed by atoms with Crippen LogP contribution < -0.4 is 5.73 Å². The second-order valence-corrected chi connectivity index (χ2v) is 4.02. The summed E-state index contributed by atoms with van der Waals surface area (Å²) in [5, 5.41) is 0. The molecule has 0 amide bonds. The third-order valence-electron chi connectivity index (χ3n) is 3.34. The molecule has 1 aliphatic rings. The van der Waals surface area contributed by atoms with E-state index in [1.807, 2.05) is 6.07 Å². The van der Waals surface area contributed by atoms with Crippen molar-refractivity contribution in [2.24, 2.45) is 5.73 Å². The Balaban J connectivity index is 2.55. The first-order valence-electron chi connectivity index (χ1n) is 5.26.